The Hall–Kier alpha value is -2.94. The molecule has 0 saturated carbocycles. The van der Waals surface area contributed by atoms with Crippen molar-refractivity contribution < 1.29 is 28.7 Å². The number of rotatable bonds is 9. The monoisotopic (exact) mass is 377 g/mol. The molecule has 1 aliphatic heterocycles. The Labute approximate surface area is 157 Å². The van der Waals surface area contributed by atoms with Gasteiger partial charge in [0, 0.05) is 38.9 Å². The van der Waals surface area contributed by atoms with Crippen LogP contribution in [0.2, 0.25) is 0 Å². The molecule has 9 nitrogen and oxygen atoms in total. The van der Waals surface area contributed by atoms with Crippen LogP contribution in [-0.2, 0) is 9.47 Å². The number of carbonyl (C=O) groups excluding carboxylic acids is 4. The maximum Gasteiger partial charge on any atom is 0.407 e. The Balaban J connectivity index is 1.94. The number of ether oxygens (including phenoxy) is 2. The largest absolute Gasteiger partial charge is 0.450 e. The summed E-state index contributed by atoms with van der Waals surface area (Å²) < 4.78 is 9.64. The predicted octanol–water partition coefficient (Wildman–Crippen LogP) is 0.795. The molecule has 2 rings (SSSR count). The summed E-state index contributed by atoms with van der Waals surface area (Å²) in [5.41, 5.74) is 0.775. The summed E-state index contributed by atoms with van der Waals surface area (Å²) in [6.45, 7) is 3.08. The molecule has 146 valence electrons. The number of nitrogens with zero attached hydrogens (tertiary/aromatic N) is 1. The number of fused-ring (bicyclic) bond motifs is 1. The van der Waals surface area contributed by atoms with Gasteiger partial charge in [-0.15, -0.1) is 0 Å². The van der Waals surface area contributed by atoms with Crippen LogP contribution in [0.25, 0.3) is 0 Å². The van der Waals surface area contributed by atoms with E-state index in [0.29, 0.717) is 13.0 Å². The lowest BCUT2D eigenvalue weighted by Gasteiger charge is -2.12. The molecule has 0 saturated heterocycles. The third kappa shape index (κ3) is 5.04. The van der Waals surface area contributed by atoms with Crippen LogP contribution in [0.1, 0.15) is 44.4 Å². The number of hydrogen-bond donors (Lipinski definition) is 2. The van der Waals surface area contributed by atoms with Gasteiger partial charge in [-0.3, -0.25) is 19.3 Å². The SMILES string of the molecule is CCOC(=O)NCCNC(=O)c1ccc2c(c1)C(=O)N(CCCOC)C2=O. The maximum absolute atomic E-state index is 12.4. The number of alkyl carbamates (subject to hydrolysis) is 1. The van der Waals surface area contributed by atoms with Crippen molar-refractivity contribution in [1.82, 2.24) is 15.5 Å². The van der Waals surface area contributed by atoms with E-state index in [0.717, 1.165) is 4.90 Å². The molecule has 0 fully saturated rings. The first-order chi connectivity index (χ1) is 13.0. The minimum absolute atomic E-state index is 0.199. The molecular formula is C18H23N3O6. The quantitative estimate of drug-likeness (QED) is 0.486. The molecule has 0 radical (unpaired) electrons. The summed E-state index contributed by atoms with van der Waals surface area (Å²) >= 11 is 0. The Bertz CT molecular complexity index is 734. The van der Waals surface area contributed by atoms with Crippen molar-refractivity contribution in [3.05, 3.63) is 34.9 Å². The van der Waals surface area contributed by atoms with Gasteiger partial charge in [0.05, 0.1) is 17.7 Å². The Morgan fingerprint density at radius 1 is 1.07 bits per heavy atom. The summed E-state index contributed by atoms with van der Waals surface area (Å²) in [4.78, 5) is 49.3. The van der Waals surface area contributed by atoms with Crippen molar-refractivity contribution in [3.8, 4) is 0 Å². The second-order valence-electron chi connectivity index (χ2n) is 5.77. The number of amides is 4. The van der Waals surface area contributed by atoms with E-state index in [1.54, 1.807) is 14.0 Å². The zero-order chi connectivity index (χ0) is 19.8. The Kier molecular flexibility index (Phi) is 7.30. The van der Waals surface area contributed by atoms with Gasteiger partial charge in [-0.05, 0) is 31.5 Å². The lowest BCUT2D eigenvalue weighted by molar-refractivity contribution is 0.0638. The van der Waals surface area contributed by atoms with Crippen LogP contribution < -0.4 is 10.6 Å². The third-order valence-electron chi connectivity index (χ3n) is 3.92. The van der Waals surface area contributed by atoms with Gasteiger partial charge < -0.3 is 20.1 Å². The number of nitrogens with one attached hydrogen (secondary N) is 2. The highest BCUT2D eigenvalue weighted by Crippen LogP contribution is 2.24. The molecule has 1 aromatic rings. The van der Waals surface area contributed by atoms with Gasteiger partial charge in [-0.2, -0.15) is 0 Å². The van der Waals surface area contributed by atoms with Gasteiger partial charge in [0.2, 0.25) is 0 Å². The van der Waals surface area contributed by atoms with E-state index in [9.17, 15) is 19.2 Å². The zero-order valence-electron chi connectivity index (χ0n) is 15.4. The minimum atomic E-state index is -0.554. The van der Waals surface area contributed by atoms with Gasteiger partial charge in [0.1, 0.15) is 0 Å². The van der Waals surface area contributed by atoms with E-state index >= 15 is 0 Å². The molecule has 2 N–H and O–H groups in total. The molecule has 4 amide bonds. The fourth-order valence-electron chi connectivity index (χ4n) is 2.63. The molecule has 1 aliphatic rings. The van der Waals surface area contributed by atoms with Crippen LogP contribution in [0.5, 0.6) is 0 Å². The molecule has 27 heavy (non-hydrogen) atoms. The predicted molar refractivity (Wildman–Crippen MR) is 95.7 cm³/mol. The minimum Gasteiger partial charge on any atom is -0.450 e. The molecule has 9 heteroatoms. The van der Waals surface area contributed by atoms with Gasteiger partial charge in [-0.1, -0.05) is 0 Å². The second-order valence-corrected chi connectivity index (χ2v) is 5.77. The molecule has 0 bridgehead atoms. The summed E-state index contributed by atoms with van der Waals surface area (Å²) in [5, 5.41) is 5.11. The summed E-state index contributed by atoms with van der Waals surface area (Å²) in [7, 11) is 1.55. The lowest BCUT2D eigenvalue weighted by Crippen LogP contribution is -2.35. The van der Waals surface area contributed by atoms with E-state index in [4.69, 9.17) is 9.47 Å². The van der Waals surface area contributed by atoms with Crippen molar-refractivity contribution >= 4 is 23.8 Å². The fraction of sp³-hybridized carbons (Fsp3) is 0.444. The first-order valence-corrected chi connectivity index (χ1v) is 8.67. The van der Waals surface area contributed by atoms with Crippen LogP contribution in [0.15, 0.2) is 18.2 Å². The van der Waals surface area contributed by atoms with Crippen molar-refractivity contribution in [2.75, 3.05) is 40.0 Å². The average molecular weight is 377 g/mol. The number of carbonyl (C=O) groups is 4. The molecule has 0 aromatic heterocycles. The highest BCUT2D eigenvalue weighted by molar-refractivity contribution is 6.22. The van der Waals surface area contributed by atoms with Crippen molar-refractivity contribution in [3.63, 3.8) is 0 Å². The molecule has 0 unspecified atom stereocenters. The van der Waals surface area contributed by atoms with Crippen LogP contribution >= 0.6 is 0 Å². The van der Waals surface area contributed by atoms with E-state index < -0.39 is 17.9 Å². The van der Waals surface area contributed by atoms with Crippen LogP contribution in [0.4, 0.5) is 4.79 Å². The van der Waals surface area contributed by atoms with Gasteiger partial charge >= 0.3 is 6.09 Å². The highest BCUT2D eigenvalue weighted by Gasteiger charge is 2.35. The zero-order valence-corrected chi connectivity index (χ0v) is 15.4. The molecule has 1 aromatic carbocycles. The van der Waals surface area contributed by atoms with Crippen LogP contribution in [-0.4, -0.2) is 68.7 Å². The van der Waals surface area contributed by atoms with E-state index in [-0.39, 0.29) is 48.8 Å². The van der Waals surface area contributed by atoms with Gasteiger partial charge in [0.25, 0.3) is 17.7 Å². The normalized spacial score (nSPS) is 12.7. The Morgan fingerprint density at radius 3 is 2.48 bits per heavy atom. The van der Waals surface area contributed by atoms with E-state index in [1.807, 2.05) is 0 Å². The molecule has 0 atom stereocenters. The highest BCUT2D eigenvalue weighted by atomic mass is 16.5. The second kappa shape index (κ2) is 9.67. The standard InChI is InChI=1S/C18H23N3O6/c1-3-27-18(25)20-8-7-19-15(22)12-5-6-13-14(11-12)17(24)21(16(13)23)9-4-10-26-2/h5-6,11H,3-4,7-10H2,1-2H3,(H,19,22)(H,20,25). The summed E-state index contributed by atoms with van der Waals surface area (Å²) in [5.74, 6) is -1.18. The number of hydrogen-bond acceptors (Lipinski definition) is 6. The van der Waals surface area contributed by atoms with Crippen molar-refractivity contribution in [1.29, 1.82) is 0 Å². The van der Waals surface area contributed by atoms with Crippen molar-refractivity contribution in [2.45, 2.75) is 13.3 Å². The van der Waals surface area contributed by atoms with Crippen molar-refractivity contribution in [2.24, 2.45) is 0 Å². The molecule has 0 spiro atoms. The average Bonchev–Trinajstić information content (AvgIpc) is 2.90. The fourth-order valence-corrected chi connectivity index (χ4v) is 2.63. The number of benzene rings is 1. The van der Waals surface area contributed by atoms with Crippen LogP contribution in [0.3, 0.4) is 0 Å². The molecular weight excluding hydrogens is 354 g/mol. The van der Waals surface area contributed by atoms with E-state index in [1.165, 1.54) is 18.2 Å². The third-order valence-corrected chi connectivity index (χ3v) is 3.92. The lowest BCUT2D eigenvalue weighted by atomic mass is 10.1. The summed E-state index contributed by atoms with van der Waals surface area (Å²) in [6, 6.07) is 4.40. The van der Waals surface area contributed by atoms with Gasteiger partial charge in [0.15, 0.2) is 0 Å². The molecule has 1 heterocycles. The van der Waals surface area contributed by atoms with Gasteiger partial charge in [-0.25, -0.2) is 4.79 Å². The summed E-state index contributed by atoms with van der Waals surface area (Å²) in [6.07, 6.45) is -0.00932. The number of imide groups is 1. The maximum atomic E-state index is 12.4. The Morgan fingerprint density at radius 2 is 1.78 bits per heavy atom. The first-order valence-electron chi connectivity index (χ1n) is 8.67. The smallest absolute Gasteiger partial charge is 0.407 e. The first kappa shape index (κ1) is 20.4. The van der Waals surface area contributed by atoms with Crippen LogP contribution in [0, 0.1) is 0 Å². The van der Waals surface area contributed by atoms with E-state index in [2.05, 4.69) is 10.6 Å². The topological polar surface area (TPSA) is 114 Å². The number of methoxy groups -OCH3 is 1. The molecule has 0 aliphatic carbocycles.